The lowest BCUT2D eigenvalue weighted by atomic mass is 10.2. The van der Waals surface area contributed by atoms with Crippen LogP contribution in [0.25, 0.3) is 0 Å². The van der Waals surface area contributed by atoms with Gasteiger partial charge in [-0.05, 0) is 25.0 Å². The Morgan fingerprint density at radius 1 is 1.47 bits per heavy atom. The van der Waals surface area contributed by atoms with Gasteiger partial charge in [-0.1, -0.05) is 19.1 Å². The van der Waals surface area contributed by atoms with Gasteiger partial charge in [-0.2, -0.15) is 0 Å². The number of benzene rings is 1. The third-order valence-electron chi connectivity index (χ3n) is 2.55. The molecule has 0 aliphatic carbocycles. The molecule has 1 rings (SSSR count). The molecule has 4 N–H and O–H groups in total. The van der Waals surface area contributed by atoms with Crippen molar-refractivity contribution < 1.29 is 13.5 Å². The molecule has 6 heteroatoms. The average molecular weight is 258 g/mol. The Labute approximate surface area is 102 Å². The second-order valence-corrected chi connectivity index (χ2v) is 5.55. The van der Waals surface area contributed by atoms with Crippen LogP contribution in [0.5, 0.6) is 0 Å². The normalized spacial score (nSPS) is 13.6. The summed E-state index contributed by atoms with van der Waals surface area (Å²) in [7, 11) is -3.68. The molecule has 0 aliphatic heterocycles. The number of hydrogen-bond acceptors (Lipinski definition) is 4. The minimum Gasteiger partial charge on any atom is -0.398 e. The van der Waals surface area contributed by atoms with E-state index >= 15 is 0 Å². The Hall–Kier alpha value is -1.11. The molecule has 17 heavy (non-hydrogen) atoms. The van der Waals surface area contributed by atoms with E-state index < -0.39 is 16.1 Å². The zero-order valence-electron chi connectivity index (χ0n) is 9.97. The van der Waals surface area contributed by atoms with Gasteiger partial charge in [-0.25, -0.2) is 13.1 Å². The molecule has 0 aliphatic rings. The average Bonchev–Trinajstić information content (AvgIpc) is 2.25. The van der Waals surface area contributed by atoms with Crippen LogP contribution in [-0.4, -0.2) is 26.2 Å². The van der Waals surface area contributed by atoms with Crippen LogP contribution in [0, 0.1) is 6.92 Å². The summed E-state index contributed by atoms with van der Waals surface area (Å²) in [6, 6.07) is 4.44. The van der Waals surface area contributed by atoms with Crippen molar-refractivity contribution in [3.05, 3.63) is 23.8 Å². The van der Waals surface area contributed by atoms with Gasteiger partial charge < -0.3 is 10.8 Å². The summed E-state index contributed by atoms with van der Waals surface area (Å²) in [5, 5.41) is 9.02. The quantitative estimate of drug-likeness (QED) is 0.675. The predicted molar refractivity (Wildman–Crippen MR) is 67.1 cm³/mol. The van der Waals surface area contributed by atoms with E-state index in [2.05, 4.69) is 4.72 Å². The van der Waals surface area contributed by atoms with Crippen LogP contribution in [0.4, 0.5) is 5.69 Å². The van der Waals surface area contributed by atoms with Gasteiger partial charge in [0.2, 0.25) is 10.0 Å². The fourth-order valence-electron chi connectivity index (χ4n) is 1.57. The summed E-state index contributed by atoms with van der Waals surface area (Å²) in [6.07, 6.45) is 0.515. The molecule has 0 fully saturated rings. The van der Waals surface area contributed by atoms with Crippen LogP contribution in [0.1, 0.15) is 18.9 Å². The SMILES string of the molecule is CC[C@@H](CO)NS(=O)(=O)c1c(C)cccc1N. The minimum atomic E-state index is -3.68. The highest BCUT2D eigenvalue weighted by atomic mass is 32.2. The van der Waals surface area contributed by atoms with Crippen molar-refractivity contribution in [3.63, 3.8) is 0 Å². The molecular formula is C11H18N2O3S. The second kappa shape index (κ2) is 5.48. The Morgan fingerprint density at radius 3 is 2.59 bits per heavy atom. The maximum absolute atomic E-state index is 12.1. The van der Waals surface area contributed by atoms with E-state index in [-0.39, 0.29) is 17.2 Å². The first-order valence-electron chi connectivity index (χ1n) is 5.40. The van der Waals surface area contributed by atoms with Crippen molar-refractivity contribution in [1.82, 2.24) is 4.72 Å². The van der Waals surface area contributed by atoms with Crippen LogP contribution in [-0.2, 0) is 10.0 Å². The van der Waals surface area contributed by atoms with Crippen molar-refractivity contribution in [2.75, 3.05) is 12.3 Å². The summed E-state index contributed by atoms with van der Waals surface area (Å²) in [4.78, 5) is 0.0897. The first-order valence-corrected chi connectivity index (χ1v) is 6.89. The third-order valence-corrected chi connectivity index (χ3v) is 4.28. The Morgan fingerprint density at radius 2 is 2.12 bits per heavy atom. The predicted octanol–water partition coefficient (Wildman–Crippen LogP) is 0.626. The highest BCUT2D eigenvalue weighted by Gasteiger charge is 2.22. The highest BCUT2D eigenvalue weighted by molar-refractivity contribution is 7.89. The standard InChI is InChI=1S/C11H18N2O3S/c1-3-9(7-14)13-17(15,16)11-8(2)5-4-6-10(11)12/h4-6,9,13-14H,3,7,12H2,1-2H3/t9-/m0/s1. The van der Waals surface area contributed by atoms with Crippen LogP contribution < -0.4 is 10.5 Å². The first kappa shape index (κ1) is 14.0. The van der Waals surface area contributed by atoms with Gasteiger partial charge in [0.25, 0.3) is 0 Å². The molecule has 1 aromatic rings. The number of rotatable bonds is 5. The topological polar surface area (TPSA) is 92.4 Å². The fourth-order valence-corrected chi connectivity index (χ4v) is 3.24. The molecule has 0 saturated carbocycles. The molecule has 0 radical (unpaired) electrons. The summed E-state index contributed by atoms with van der Waals surface area (Å²) >= 11 is 0. The summed E-state index contributed by atoms with van der Waals surface area (Å²) in [5.41, 5.74) is 6.49. The van der Waals surface area contributed by atoms with Crippen LogP contribution >= 0.6 is 0 Å². The number of aliphatic hydroxyl groups excluding tert-OH is 1. The molecule has 96 valence electrons. The fraction of sp³-hybridized carbons (Fsp3) is 0.455. The Kier molecular flexibility index (Phi) is 4.50. The zero-order valence-corrected chi connectivity index (χ0v) is 10.8. The molecule has 1 aromatic carbocycles. The molecule has 0 spiro atoms. The molecule has 0 unspecified atom stereocenters. The van der Waals surface area contributed by atoms with Crippen molar-refractivity contribution in [2.45, 2.75) is 31.2 Å². The van der Waals surface area contributed by atoms with E-state index in [1.54, 1.807) is 32.0 Å². The molecule has 0 heterocycles. The van der Waals surface area contributed by atoms with E-state index in [9.17, 15) is 8.42 Å². The molecular weight excluding hydrogens is 240 g/mol. The van der Waals surface area contributed by atoms with Crippen molar-refractivity contribution in [1.29, 1.82) is 0 Å². The van der Waals surface area contributed by atoms with Crippen LogP contribution in [0.3, 0.4) is 0 Å². The van der Waals surface area contributed by atoms with Crippen LogP contribution in [0.15, 0.2) is 23.1 Å². The summed E-state index contributed by atoms with van der Waals surface area (Å²) < 4.78 is 26.6. The van der Waals surface area contributed by atoms with Crippen molar-refractivity contribution >= 4 is 15.7 Å². The van der Waals surface area contributed by atoms with Gasteiger partial charge in [-0.15, -0.1) is 0 Å². The summed E-state index contributed by atoms with van der Waals surface area (Å²) in [5.74, 6) is 0. The maximum atomic E-state index is 12.1. The van der Waals surface area contributed by atoms with Crippen LogP contribution in [0.2, 0.25) is 0 Å². The molecule has 1 atom stereocenters. The number of sulfonamides is 1. The van der Waals surface area contributed by atoms with E-state index in [0.717, 1.165) is 0 Å². The van der Waals surface area contributed by atoms with E-state index in [0.29, 0.717) is 12.0 Å². The number of nitrogens with two attached hydrogens (primary N) is 1. The van der Waals surface area contributed by atoms with Gasteiger partial charge in [0.1, 0.15) is 4.90 Å². The number of hydrogen-bond donors (Lipinski definition) is 3. The number of aryl methyl sites for hydroxylation is 1. The molecule has 5 nitrogen and oxygen atoms in total. The number of anilines is 1. The number of nitrogens with one attached hydrogen (secondary N) is 1. The lowest BCUT2D eigenvalue weighted by Crippen LogP contribution is -2.37. The lowest BCUT2D eigenvalue weighted by Gasteiger charge is -2.16. The maximum Gasteiger partial charge on any atom is 0.243 e. The van der Waals surface area contributed by atoms with E-state index in [1.165, 1.54) is 0 Å². The number of nitrogen functional groups attached to an aromatic ring is 1. The highest BCUT2D eigenvalue weighted by Crippen LogP contribution is 2.22. The van der Waals surface area contributed by atoms with Gasteiger partial charge >= 0.3 is 0 Å². The van der Waals surface area contributed by atoms with Gasteiger partial charge in [0.15, 0.2) is 0 Å². The number of aliphatic hydroxyl groups is 1. The van der Waals surface area contributed by atoms with E-state index in [4.69, 9.17) is 10.8 Å². The van der Waals surface area contributed by atoms with Crippen molar-refractivity contribution in [3.8, 4) is 0 Å². The lowest BCUT2D eigenvalue weighted by molar-refractivity contribution is 0.254. The molecule has 0 bridgehead atoms. The Bertz CT molecular complexity index is 461. The molecule has 0 amide bonds. The summed E-state index contributed by atoms with van der Waals surface area (Å²) in [6.45, 7) is 3.25. The monoisotopic (exact) mass is 258 g/mol. The third kappa shape index (κ3) is 3.18. The largest absolute Gasteiger partial charge is 0.398 e. The Balaban J connectivity index is 3.14. The minimum absolute atomic E-state index is 0.0897. The smallest absolute Gasteiger partial charge is 0.243 e. The van der Waals surface area contributed by atoms with E-state index in [1.807, 2.05) is 0 Å². The molecule has 0 saturated heterocycles. The van der Waals surface area contributed by atoms with Crippen molar-refractivity contribution in [2.24, 2.45) is 0 Å². The second-order valence-electron chi connectivity index (χ2n) is 3.90. The first-order chi connectivity index (χ1) is 7.92. The van der Waals surface area contributed by atoms with Gasteiger partial charge in [-0.3, -0.25) is 0 Å². The zero-order chi connectivity index (χ0) is 13.1. The molecule has 0 aromatic heterocycles. The van der Waals surface area contributed by atoms with Gasteiger partial charge in [0, 0.05) is 6.04 Å². The van der Waals surface area contributed by atoms with Gasteiger partial charge in [0.05, 0.1) is 12.3 Å².